The first-order valence-corrected chi connectivity index (χ1v) is 6.99. The number of carbonyl (C=O) groups excluding carboxylic acids is 1. The number of amides is 1. The molecule has 5 heteroatoms. The highest BCUT2D eigenvalue weighted by Crippen LogP contribution is 2.23. The molecule has 0 spiro atoms. The average Bonchev–Trinajstić information content (AvgIpc) is 2.39. The summed E-state index contributed by atoms with van der Waals surface area (Å²) in [4.78, 5) is 14.0. The number of rotatable bonds is 3. The maximum absolute atomic E-state index is 13.7. The molecule has 1 atom stereocenters. The molecule has 104 valence electrons. The van der Waals surface area contributed by atoms with Crippen molar-refractivity contribution in [2.75, 3.05) is 12.4 Å². The van der Waals surface area contributed by atoms with Crippen molar-refractivity contribution in [2.24, 2.45) is 0 Å². The monoisotopic (exact) mass is 287 g/mol. The van der Waals surface area contributed by atoms with E-state index in [-0.39, 0.29) is 17.5 Å². The number of hydrogen-bond acceptors (Lipinski definition) is 1. The van der Waals surface area contributed by atoms with Crippen molar-refractivity contribution in [1.82, 2.24) is 4.90 Å². The van der Waals surface area contributed by atoms with Crippen LogP contribution in [0.2, 0.25) is 0 Å². The van der Waals surface area contributed by atoms with Crippen molar-refractivity contribution in [3.8, 4) is 0 Å². The van der Waals surface area contributed by atoms with Gasteiger partial charge in [0.1, 0.15) is 11.6 Å². The molecule has 0 radical (unpaired) electrons. The fourth-order valence-corrected chi connectivity index (χ4v) is 2.76. The Morgan fingerprint density at radius 3 is 2.84 bits per heavy atom. The smallest absolute Gasteiger partial charge is 0.257 e. The number of halogens is 3. The van der Waals surface area contributed by atoms with E-state index in [1.807, 2.05) is 0 Å². The van der Waals surface area contributed by atoms with Crippen molar-refractivity contribution in [3.63, 3.8) is 0 Å². The van der Waals surface area contributed by atoms with Crippen LogP contribution in [0.3, 0.4) is 0 Å². The van der Waals surface area contributed by atoms with E-state index >= 15 is 0 Å². The summed E-state index contributed by atoms with van der Waals surface area (Å²) < 4.78 is 26.5. The summed E-state index contributed by atoms with van der Waals surface area (Å²) in [7, 11) is 0. The van der Waals surface area contributed by atoms with E-state index in [9.17, 15) is 13.6 Å². The number of piperidine rings is 1. The Kier molecular flexibility index (Phi) is 4.75. The molecule has 2 rings (SSSR count). The molecule has 1 unspecified atom stereocenters. The molecule has 1 fully saturated rings. The van der Waals surface area contributed by atoms with Crippen molar-refractivity contribution < 1.29 is 13.6 Å². The molecule has 1 aliphatic heterocycles. The van der Waals surface area contributed by atoms with E-state index in [2.05, 4.69) is 0 Å². The summed E-state index contributed by atoms with van der Waals surface area (Å²) in [5.74, 6) is -1.38. The van der Waals surface area contributed by atoms with Gasteiger partial charge in [-0.15, -0.1) is 11.6 Å². The van der Waals surface area contributed by atoms with E-state index < -0.39 is 11.6 Å². The Hall–Kier alpha value is -1.16. The second-order valence-corrected chi connectivity index (χ2v) is 5.13. The van der Waals surface area contributed by atoms with Gasteiger partial charge in [0.15, 0.2) is 0 Å². The van der Waals surface area contributed by atoms with E-state index in [1.165, 1.54) is 6.07 Å². The molecule has 1 saturated heterocycles. The minimum atomic E-state index is -0.805. The predicted molar refractivity (Wildman–Crippen MR) is 70.4 cm³/mol. The fourth-order valence-electron chi connectivity index (χ4n) is 2.51. The maximum atomic E-state index is 13.7. The lowest BCUT2D eigenvalue weighted by molar-refractivity contribution is 0.0604. The lowest BCUT2D eigenvalue weighted by Crippen LogP contribution is -2.44. The van der Waals surface area contributed by atoms with Gasteiger partial charge < -0.3 is 4.90 Å². The second-order valence-electron chi connectivity index (χ2n) is 4.75. The van der Waals surface area contributed by atoms with Gasteiger partial charge in [-0.25, -0.2) is 8.78 Å². The fraction of sp³-hybridized carbons (Fsp3) is 0.500. The molecule has 1 aliphatic rings. The SMILES string of the molecule is O=C(c1ccc(F)cc1F)N1CCCCC1CCCl. The van der Waals surface area contributed by atoms with Gasteiger partial charge in [-0.1, -0.05) is 0 Å². The van der Waals surface area contributed by atoms with Crippen LogP contribution in [0.15, 0.2) is 18.2 Å². The van der Waals surface area contributed by atoms with Crippen LogP contribution < -0.4 is 0 Å². The molecular weight excluding hydrogens is 272 g/mol. The average molecular weight is 288 g/mol. The molecule has 0 saturated carbocycles. The van der Waals surface area contributed by atoms with Crippen LogP contribution >= 0.6 is 11.6 Å². The van der Waals surface area contributed by atoms with Crippen LogP contribution in [0.5, 0.6) is 0 Å². The Bertz CT molecular complexity index is 465. The van der Waals surface area contributed by atoms with Gasteiger partial charge in [-0.2, -0.15) is 0 Å². The zero-order valence-electron chi connectivity index (χ0n) is 10.5. The third-order valence-electron chi connectivity index (χ3n) is 3.49. The number of benzene rings is 1. The van der Waals surface area contributed by atoms with Gasteiger partial charge >= 0.3 is 0 Å². The lowest BCUT2D eigenvalue weighted by atomic mass is 9.98. The Morgan fingerprint density at radius 2 is 2.16 bits per heavy atom. The van der Waals surface area contributed by atoms with Crippen LogP contribution in [0, 0.1) is 11.6 Å². The minimum absolute atomic E-state index is 0.0585. The molecule has 0 aromatic heterocycles. The predicted octanol–water partition coefficient (Wildman–Crippen LogP) is 3.59. The Labute approximate surface area is 116 Å². The molecule has 1 amide bonds. The van der Waals surface area contributed by atoms with E-state index in [4.69, 9.17) is 11.6 Å². The van der Waals surface area contributed by atoms with E-state index in [1.54, 1.807) is 4.90 Å². The first kappa shape index (κ1) is 14.3. The van der Waals surface area contributed by atoms with Crippen molar-refractivity contribution in [2.45, 2.75) is 31.7 Å². The number of nitrogens with zero attached hydrogens (tertiary/aromatic N) is 1. The largest absolute Gasteiger partial charge is 0.336 e. The zero-order chi connectivity index (χ0) is 13.8. The number of hydrogen-bond donors (Lipinski definition) is 0. The van der Waals surface area contributed by atoms with E-state index in [0.29, 0.717) is 18.8 Å². The van der Waals surface area contributed by atoms with Crippen LogP contribution in [0.4, 0.5) is 8.78 Å². The van der Waals surface area contributed by atoms with E-state index in [0.717, 1.165) is 31.4 Å². The summed E-state index contributed by atoms with van der Waals surface area (Å²) in [6.07, 6.45) is 3.56. The summed E-state index contributed by atoms with van der Waals surface area (Å²) in [5, 5.41) is 0. The second kappa shape index (κ2) is 6.33. The molecule has 1 aromatic carbocycles. The highest BCUT2D eigenvalue weighted by molar-refractivity contribution is 6.17. The quantitative estimate of drug-likeness (QED) is 0.778. The molecule has 2 nitrogen and oxygen atoms in total. The summed E-state index contributed by atoms with van der Waals surface area (Å²) >= 11 is 5.74. The van der Waals surface area contributed by atoms with Gasteiger partial charge in [-0.05, 0) is 37.8 Å². The standard InChI is InChI=1S/C14H16ClF2NO/c15-7-6-11-3-1-2-8-18(11)14(19)12-5-4-10(16)9-13(12)17/h4-5,9,11H,1-3,6-8H2. The molecule has 0 N–H and O–H groups in total. The highest BCUT2D eigenvalue weighted by atomic mass is 35.5. The zero-order valence-corrected chi connectivity index (χ0v) is 11.3. The van der Waals surface area contributed by atoms with Crippen LogP contribution in [-0.4, -0.2) is 29.3 Å². The third kappa shape index (κ3) is 3.24. The first-order chi connectivity index (χ1) is 9.13. The summed E-state index contributed by atoms with van der Waals surface area (Å²) in [6, 6.07) is 3.12. The first-order valence-electron chi connectivity index (χ1n) is 6.45. The third-order valence-corrected chi connectivity index (χ3v) is 3.71. The van der Waals surface area contributed by atoms with Gasteiger partial charge in [0, 0.05) is 24.5 Å². The number of likely N-dealkylation sites (tertiary alicyclic amines) is 1. The molecule has 19 heavy (non-hydrogen) atoms. The van der Waals surface area contributed by atoms with Crippen molar-refractivity contribution in [1.29, 1.82) is 0 Å². The summed E-state index contributed by atoms with van der Waals surface area (Å²) in [5.41, 5.74) is -0.0668. The minimum Gasteiger partial charge on any atom is -0.336 e. The van der Waals surface area contributed by atoms with Gasteiger partial charge in [0.25, 0.3) is 5.91 Å². The normalized spacial score (nSPS) is 19.5. The Balaban J connectivity index is 2.21. The summed E-state index contributed by atoms with van der Waals surface area (Å²) in [6.45, 7) is 0.608. The molecule has 1 heterocycles. The van der Waals surface area contributed by atoms with Gasteiger partial charge in [-0.3, -0.25) is 4.79 Å². The van der Waals surface area contributed by atoms with Crippen molar-refractivity contribution in [3.05, 3.63) is 35.4 Å². The molecule has 1 aromatic rings. The highest BCUT2D eigenvalue weighted by Gasteiger charge is 2.28. The molecule has 0 aliphatic carbocycles. The number of alkyl halides is 1. The maximum Gasteiger partial charge on any atom is 0.257 e. The topological polar surface area (TPSA) is 20.3 Å². The molecule has 0 bridgehead atoms. The van der Waals surface area contributed by atoms with Crippen LogP contribution in [0.25, 0.3) is 0 Å². The van der Waals surface area contributed by atoms with Gasteiger partial charge in [0.2, 0.25) is 0 Å². The van der Waals surface area contributed by atoms with Gasteiger partial charge in [0.05, 0.1) is 5.56 Å². The van der Waals surface area contributed by atoms with Crippen LogP contribution in [-0.2, 0) is 0 Å². The number of carbonyl (C=O) groups is 1. The molecular formula is C14H16ClF2NO. The Morgan fingerprint density at radius 1 is 1.37 bits per heavy atom. The van der Waals surface area contributed by atoms with Crippen molar-refractivity contribution >= 4 is 17.5 Å². The lowest BCUT2D eigenvalue weighted by Gasteiger charge is -2.35. The van der Waals surface area contributed by atoms with Crippen LogP contribution in [0.1, 0.15) is 36.0 Å².